The molecule has 0 aliphatic heterocycles. The van der Waals surface area contributed by atoms with Crippen LogP contribution in [0.1, 0.15) is 25.7 Å². The average molecular weight is 270 g/mol. The molecule has 0 amide bonds. The predicted molar refractivity (Wildman–Crippen MR) is 73.0 cm³/mol. The van der Waals surface area contributed by atoms with E-state index in [0.717, 1.165) is 6.54 Å². The molecule has 0 aromatic heterocycles. The van der Waals surface area contributed by atoms with Crippen LogP contribution in [0.25, 0.3) is 0 Å². The molecule has 5 heteroatoms. The van der Waals surface area contributed by atoms with Gasteiger partial charge in [0.15, 0.2) is 0 Å². The SMILES string of the molecule is COCCOCCOCCN(CC#N)C1CCCC1. The molecule has 0 N–H and O–H groups in total. The molecule has 5 nitrogen and oxygen atoms in total. The van der Waals surface area contributed by atoms with Crippen LogP contribution in [0.5, 0.6) is 0 Å². The summed E-state index contributed by atoms with van der Waals surface area (Å²) in [5.41, 5.74) is 0. The maximum absolute atomic E-state index is 8.86. The predicted octanol–water partition coefficient (Wildman–Crippen LogP) is 1.43. The van der Waals surface area contributed by atoms with Gasteiger partial charge in [0, 0.05) is 19.7 Å². The Morgan fingerprint density at radius 3 is 2.32 bits per heavy atom. The van der Waals surface area contributed by atoms with Crippen molar-refractivity contribution in [2.75, 3.05) is 53.2 Å². The van der Waals surface area contributed by atoms with E-state index in [4.69, 9.17) is 19.5 Å². The summed E-state index contributed by atoms with van der Waals surface area (Å²) < 4.78 is 15.7. The van der Waals surface area contributed by atoms with E-state index in [9.17, 15) is 0 Å². The van der Waals surface area contributed by atoms with Gasteiger partial charge in [0.1, 0.15) is 0 Å². The molecule has 1 fully saturated rings. The minimum Gasteiger partial charge on any atom is -0.382 e. The van der Waals surface area contributed by atoms with Gasteiger partial charge in [-0.25, -0.2) is 0 Å². The van der Waals surface area contributed by atoms with Crippen LogP contribution in [0.3, 0.4) is 0 Å². The second-order valence-electron chi connectivity index (χ2n) is 4.78. The number of nitrogens with zero attached hydrogens (tertiary/aromatic N) is 2. The fraction of sp³-hybridized carbons (Fsp3) is 0.929. The number of nitriles is 1. The van der Waals surface area contributed by atoms with Crippen LogP contribution in [0, 0.1) is 11.3 Å². The van der Waals surface area contributed by atoms with Crippen molar-refractivity contribution >= 4 is 0 Å². The van der Waals surface area contributed by atoms with Crippen LogP contribution in [-0.4, -0.2) is 64.2 Å². The first-order valence-corrected chi connectivity index (χ1v) is 7.14. The van der Waals surface area contributed by atoms with Gasteiger partial charge in [-0.15, -0.1) is 0 Å². The van der Waals surface area contributed by atoms with Gasteiger partial charge < -0.3 is 14.2 Å². The Kier molecular flexibility index (Phi) is 9.64. The molecule has 0 atom stereocenters. The smallest absolute Gasteiger partial charge is 0.0869 e. The van der Waals surface area contributed by atoms with Crippen LogP contribution in [0.15, 0.2) is 0 Å². The van der Waals surface area contributed by atoms with E-state index in [0.29, 0.717) is 45.6 Å². The summed E-state index contributed by atoms with van der Waals surface area (Å²) in [6.45, 7) is 4.47. The monoisotopic (exact) mass is 270 g/mol. The van der Waals surface area contributed by atoms with Crippen LogP contribution in [0.2, 0.25) is 0 Å². The van der Waals surface area contributed by atoms with E-state index in [2.05, 4.69) is 11.0 Å². The Hall–Kier alpha value is -0.670. The standard InChI is InChI=1S/C14H26N2O3/c1-17-10-11-19-13-12-18-9-8-16(7-6-15)14-4-2-3-5-14/h14H,2-5,7-13H2,1H3. The van der Waals surface area contributed by atoms with E-state index >= 15 is 0 Å². The van der Waals surface area contributed by atoms with Crippen LogP contribution in [-0.2, 0) is 14.2 Å². The second-order valence-corrected chi connectivity index (χ2v) is 4.78. The minimum absolute atomic E-state index is 0.512. The molecule has 1 aliphatic rings. The first kappa shape index (κ1) is 16.4. The summed E-state index contributed by atoms with van der Waals surface area (Å²) in [4.78, 5) is 2.25. The van der Waals surface area contributed by atoms with Gasteiger partial charge in [0.05, 0.1) is 45.6 Å². The third-order valence-electron chi connectivity index (χ3n) is 3.44. The topological polar surface area (TPSA) is 54.7 Å². The summed E-state index contributed by atoms with van der Waals surface area (Å²) in [7, 11) is 1.66. The number of hydrogen-bond acceptors (Lipinski definition) is 5. The van der Waals surface area contributed by atoms with Gasteiger partial charge >= 0.3 is 0 Å². The van der Waals surface area contributed by atoms with Crippen molar-refractivity contribution in [1.82, 2.24) is 4.90 Å². The van der Waals surface area contributed by atoms with Gasteiger partial charge in [0.25, 0.3) is 0 Å². The van der Waals surface area contributed by atoms with E-state index in [1.165, 1.54) is 25.7 Å². The molecule has 1 saturated carbocycles. The summed E-state index contributed by atoms with van der Waals surface area (Å²) >= 11 is 0. The first-order valence-electron chi connectivity index (χ1n) is 7.14. The van der Waals surface area contributed by atoms with Crippen molar-refractivity contribution in [1.29, 1.82) is 5.26 Å². The van der Waals surface area contributed by atoms with E-state index in [1.807, 2.05) is 0 Å². The van der Waals surface area contributed by atoms with Gasteiger partial charge in [0.2, 0.25) is 0 Å². The molecule has 1 aliphatic carbocycles. The molecule has 0 radical (unpaired) electrons. The Bertz CT molecular complexity index is 250. The number of rotatable bonds is 11. The minimum atomic E-state index is 0.512. The van der Waals surface area contributed by atoms with Crippen LogP contribution >= 0.6 is 0 Å². The summed E-state index contributed by atoms with van der Waals surface area (Å²) in [6, 6.07) is 2.84. The third-order valence-corrected chi connectivity index (χ3v) is 3.44. The van der Waals surface area contributed by atoms with Crippen LogP contribution in [0.4, 0.5) is 0 Å². The van der Waals surface area contributed by atoms with Gasteiger partial charge in [-0.3, -0.25) is 4.90 Å². The van der Waals surface area contributed by atoms with Crippen molar-refractivity contribution in [3.63, 3.8) is 0 Å². The molecule has 0 spiro atoms. The second kappa shape index (κ2) is 11.2. The third kappa shape index (κ3) is 7.48. The number of hydrogen-bond donors (Lipinski definition) is 0. The van der Waals surface area contributed by atoms with Crippen LogP contribution < -0.4 is 0 Å². The van der Waals surface area contributed by atoms with E-state index in [-0.39, 0.29) is 0 Å². The molecule has 0 heterocycles. The van der Waals surface area contributed by atoms with Crippen molar-refractivity contribution < 1.29 is 14.2 Å². The van der Waals surface area contributed by atoms with Gasteiger partial charge in [-0.1, -0.05) is 12.8 Å². The zero-order valence-electron chi connectivity index (χ0n) is 12.0. The Balaban J connectivity index is 2.00. The zero-order chi connectivity index (χ0) is 13.8. The first-order chi connectivity index (χ1) is 9.38. The van der Waals surface area contributed by atoms with Gasteiger partial charge in [-0.2, -0.15) is 5.26 Å². The van der Waals surface area contributed by atoms with Crippen molar-refractivity contribution in [2.24, 2.45) is 0 Å². The Morgan fingerprint density at radius 2 is 1.68 bits per heavy atom. The molecule has 0 aromatic carbocycles. The lowest BCUT2D eigenvalue weighted by molar-refractivity contribution is 0.0177. The van der Waals surface area contributed by atoms with Crippen molar-refractivity contribution in [3.05, 3.63) is 0 Å². The Labute approximate surface area is 116 Å². The number of methoxy groups -OCH3 is 1. The quantitative estimate of drug-likeness (QED) is 0.420. The molecule has 0 bridgehead atoms. The molecule has 19 heavy (non-hydrogen) atoms. The lowest BCUT2D eigenvalue weighted by Crippen LogP contribution is -2.36. The van der Waals surface area contributed by atoms with E-state index in [1.54, 1.807) is 7.11 Å². The summed E-state index contributed by atoms with van der Waals surface area (Å²) in [5, 5.41) is 8.86. The molecule has 0 aromatic rings. The van der Waals surface area contributed by atoms with Gasteiger partial charge in [-0.05, 0) is 12.8 Å². The molecule has 0 saturated heterocycles. The number of ether oxygens (including phenoxy) is 3. The summed E-state index contributed by atoms with van der Waals surface area (Å²) in [6.07, 6.45) is 5.03. The molecule has 110 valence electrons. The summed E-state index contributed by atoms with van der Waals surface area (Å²) in [5.74, 6) is 0. The highest BCUT2D eigenvalue weighted by Gasteiger charge is 2.21. The lowest BCUT2D eigenvalue weighted by Gasteiger charge is -2.25. The highest BCUT2D eigenvalue weighted by atomic mass is 16.5. The molecular formula is C14H26N2O3. The van der Waals surface area contributed by atoms with Crippen molar-refractivity contribution in [3.8, 4) is 6.07 Å². The largest absolute Gasteiger partial charge is 0.382 e. The maximum atomic E-state index is 8.86. The normalized spacial score (nSPS) is 16.1. The molecule has 0 unspecified atom stereocenters. The highest BCUT2D eigenvalue weighted by molar-refractivity contribution is 4.84. The Morgan fingerprint density at radius 1 is 1.05 bits per heavy atom. The fourth-order valence-electron chi connectivity index (χ4n) is 2.40. The van der Waals surface area contributed by atoms with Crippen molar-refractivity contribution in [2.45, 2.75) is 31.7 Å². The zero-order valence-corrected chi connectivity index (χ0v) is 12.0. The molecule has 1 rings (SSSR count). The molecular weight excluding hydrogens is 244 g/mol. The fourth-order valence-corrected chi connectivity index (χ4v) is 2.40. The van der Waals surface area contributed by atoms with E-state index < -0.39 is 0 Å². The lowest BCUT2D eigenvalue weighted by atomic mass is 10.2. The maximum Gasteiger partial charge on any atom is 0.0869 e. The average Bonchev–Trinajstić information content (AvgIpc) is 2.94. The highest BCUT2D eigenvalue weighted by Crippen LogP contribution is 2.22.